The number of fused-ring (bicyclic) bond motifs is 5. The highest BCUT2D eigenvalue weighted by atomic mass is 16.5. The summed E-state index contributed by atoms with van der Waals surface area (Å²) in [6, 6.07) is 0. The Kier molecular flexibility index (Phi) is 7.08. The molecular formula is C36H60N2O2. The Balaban J connectivity index is 1.32. The summed E-state index contributed by atoms with van der Waals surface area (Å²) in [4.78, 5) is 16.0. The predicted octanol–water partition coefficient (Wildman–Crippen LogP) is 7.28. The summed E-state index contributed by atoms with van der Waals surface area (Å²) in [6.45, 7) is 28.5. The normalized spacial score (nSPS) is 48.5. The van der Waals surface area contributed by atoms with E-state index in [1.165, 1.54) is 44.9 Å². The first kappa shape index (κ1) is 29.4. The number of carbonyl (C=O) groups excluding carboxylic acids is 1. The molecule has 4 nitrogen and oxygen atoms in total. The summed E-state index contributed by atoms with van der Waals surface area (Å²) in [6.07, 6.45) is 12.3. The van der Waals surface area contributed by atoms with Gasteiger partial charge in [0.25, 0.3) is 0 Å². The third-order valence-electron chi connectivity index (χ3n) is 15.3. The number of nitrogens with one attached hydrogen (secondary N) is 1. The highest BCUT2D eigenvalue weighted by Crippen LogP contribution is 2.77. The van der Waals surface area contributed by atoms with Crippen molar-refractivity contribution in [3.05, 3.63) is 12.2 Å². The van der Waals surface area contributed by atoms with E-state index in [0.29, 0.717) is 33.9 Å². The lowest BCUT2D eigenvalue weighted by Gasteiger charge is -2.73. The number of rotatable bonds is 4. The van der Waals surface area contributed by atoms with Crippen LogP contribution in [0.5, 0.6) is 0 Å². The topological polar surface area (TPSA) is 41.6 Å². The fraction of sp³-hybridized carbons (Fsp3) is 0.917. The van der Waals surface area contributed by atoms with E-state index in [4.69, 9.17) is 11.3 Å². The van der Waals surface area contributed by atoms with Crippen LogP contribution in [0.4, 0.5) is 0 Å². The van der Waals surface area contributed by atoms with Crippen LogP contribution in [0.2, 0.25) is 0 Å². The fourth-order valence-electron chi connectivity index (χ4n) is 12.6. The van der Waals surface area contributed by atoms with Crippen LogP contribution >= 0.6 is 0 Å². The zero-order valence-electron chi connectivity index (χ0n) is 27.1. The van der Waals surface area contributed by atoms with Gasteiger partial charge in [0, 0.05) is 50.5 Å². The lowest BCUT2D eigenvalue weighted by atomic mass is 9.32. The molecule has 40 heavy (non-hydrogen) atoms. The minimum atomic E-state index is -0.311. The number of carbonyl (C=O) groups is 1. The average Bonchev–Trinajstić information content (AvgIpc) is 3.11. The van der Waals surface area contributed by atoms with Crippen LogP contribution in [0, 0.1) is 50.2 Å². The van der Waals surface area contributed by atoms with Crippen molar-refractivity contribution in [1.29, 1.82) is 0 Å². The Morgan fingerprint density at radius 3 is 2.30 bits per heavy atom. The fourth-order valence-corrected chi connectivity index (χ4v) is 12.6. The predicted molar refractivity (Wildman–Crippen MR) is 164 cm³/mol. The van der Waals surface area contributed by atoms with Crippen LogP contribution in [0.1, 0.15) is 113 Å². The number of hydrogen-bond acceptors (Lipinski definition) is 4. The van der Waals surface area contributed by atoms with Crippen molar-refractivity contribution in [1.82, 2.24) is 10.2 Å². The SMILES string of the molecule is C=C1CCC(C)(C)C12CCC1(C)C(CCC3C4(C)CCC(=O)C(C)(C)C4C(OCCN4CCNCC4)CC31C)C2. The van der Waals surface area contributed by atoms with E-state index in [1.807, 2.05) is 0 Å². The minimum absolute atomic E-state index is 0.156. The first-order valence-corrected chi connectivity index (χ1v) is 17.0. The number of ketones is 1. The third-order valence-corrected chi connectivity index (χ3v) is 15.3. The van der Waals surface area contributed by atoms with E-state index in [1.54, 1.807) is 5.57 Å². The van der Waals surface area contributed by atoms with Crippen molar-refractivity contribution in [2.75, 3.05) is 39.3 Å². The van der Waals surface area contributed by atoms with Crippen LogP contribution in [0.3, 0.4) is 0 Å². The van der Waals surface area contributed by atoms with Crippen molar-refractivity contribution in [2.24, 2.45) is 50.2 Å². The smallest absolute Gasteiger partial charge is 0.138 e. The molecule has 8 unspecified atom stereocenters. The van der Waals surface area contributed by atoms with Gasteiger partial charge in [-0.05, 0) is 96.7 Å². The second kappa shape index (κ2) is 9.65. The van der Waals surface area contributed by atoms with Gasteiger partial charge >= 0.3 is 0 Å². The molecule has 1 spiro atoms. The molecule has 0 bridgehead atoms. The lowest BCUT2D eigenvalue weighted by Crippen LogP contribution is -2.69. The molecule has 1 heterocycles. The summed E-state index contributed by atoms with van der Waals surface area (Å²) in [5, 5.41) is 3.48. The molecule has 226 valence electrons. The minimum Gasteiger partial charge on any atom is -0.377 e. The largest absolute Gasteiger partial charge is 0.377 e. The van der Waals surface area contributed by atoms with E-state index >= 15 is 0 Å². The molecule has 0 radical (unpaired) electrons. The highest BCUT2D eigenvalue weighted by molar-refractivity contribution is 5.85. The van der Waals surface area contributed by atoms with E-state index in [2.05, 4.69) is 58.7 Å². The second-order valence-corrected chi connectivity index (χ2v) is 17.3. The van der Waals surface area contributed by atoms with Gasteiger partial charge in [-0.3, -0.25) is 9.69 Å². The molecule has 8 atom stereocenters. The monoisotopic (exact) mass is 552 g/mol. The molecule has 0 amide bonds. The van der Waals surface area contributed by atoms with Crippen molar-refractivity contribution in [2.45, 2.75) is 119 Å². The molecule has 0 aromatic rings. The first-order valence-electron chi connectivity index (χ1n) is 17.0. The standard InChI is InChI=1S/C36H60N2O2/c1-25-11-13-31(2,3)36(25)16-15-34(7)26(23-36)9-10-28-33(6)14-12-29(39)32(4,5)30(33)27(24-35(28,34)8)40-22-21-38-19-17-37-18-20-38/h26-28,30,37H,1,9-24H2,2-8H3. The summed E-state index contributed by atoms with van der Waals surface area (Å²) < 4.78 is 7.06. The van der Waals surface area contributed by atoms with Crippen molar-refractivity contribution in [3.63, 3.8) is 0 Å². The molecule has 0 aromatic carbocycles. The Bertz CT molecular complexity index is 1030. The van der Waals surface area contributed by atoms with Gasteiger partial charge < -0.3 is 10.1 Å². The number of allylic oxidation sites excluding steroid dienone is 1. The average molecular weight is 553 g/mol. The Morgan fingerprint density at radius 2 is 1.62 bits per heavy atom. The number of piperazine rings is 1. The van der Waals surface area contributed by atoms with E-state index in [9.17, 15) is 4.79 Å². The second-order valence-electron chi connectivity index (χ2n) is 17.3. The van der Waals surface area contributed by atoms with Gasteiger partial charge in [0.15, 0.2) is 0 Å². The van der Waals surface area contributed by atoms with Crippen LogP contribution in [0.15, 0.2) is 12.2 Å². The Labute approximate surface area is 245 Å². The maximum Gasteiger partial charge on any atom is 0.138 e. The number of ether oxygens (including phenoxy) is 1. The van der Waals surface area contributed by atoms with Gasteiger partial charge in [-0.1, -0.05) is 60.6 Å². The number of hydrogen-bond donors (Lipinski definition) is 1. The molecule has 6 aliphatic rings. The van der Waals surface area contributed by atoms with Gasteiger partial charge in [0.1, 0.15) is 5.78 Å². The molecule has 1 saturated heterocycles. The molecule has 1 N–H and O–H groups in total. The maximum atomic E-state index is 13.5. The van der Waals surface area contributed by atoms with Gasteiger partial charge in [-0.2, -0.15) is 0 Å². The van der Waals surface area contributed by atoms with Gasteiger partial charge in [-0.25, -0.2) is 0 Å². The molecule has 5 aliphatic carbocycles. The van der Waals surface area contributed by atoms with Crippen molar-refractivity contribution < 1.29 is 9.53 Å². The van der Waals surface area contributed by atoms with E-state index < -0.39 is 0 Å². The molecule has 6 fully saturated rings. The van der Waals surface area contributed by atoms with Crippen LogP contribution in [-0.2, 0) is 9.53 Å². The highest BCUT2D eigenvalue weighted by Gasteiger charge is 2.71. The Morgan fingerprint density at radius 1 is 0.900 bits per heavy atom. The number of nitrogens with zero attached hydrogens (tertiary/aromatic N) is 1. The van der Waals surface area contributed by atoms with Gasteiger partial charge in [0.05, 0.1) is 12.7 Å². The maximum absolute atomic E-state index is 13.5. The van der Waals surface area contributed by atoms with Gasteiger partial charge in [0.2, 0.25) is 0 Å². The molecule has 0 aromatic heterocycles. The Hall–Kier alpha value is -0.710. The lowest BCUT2D eigenvalue weighted by molar-refractivity contribution is -0.259. The molecule has 6 rings (SSSR count). The molecule has 1 aliphatic heterocycles. The van der Waals surface area contributed by atoms with Crippen LogP contribution in [0.25, 0.3) is 0 Å². The molecular weight excluding hydrogens is 492 g/mol. The first-order chi connectivity index (χ1) is 18.7. The molecule has 5 saturated carbocycles. The zero-order valence-corrected chi connectivity index (χ0v) is 27.1. The summed E-state index contributed by atoms with van der Waals surface area (Å²) in [5.41, 5.74) is 2.67. The van der Waals surface area contributed by atoms with Crippen molar-refractivity contribution >= 4 is 5.78 Å². The summed E-state index contributed by atoms with van der Waals surface area (Å²) >= 11 is 0. The van der Waals surface area contributed by atoms with Crippen LogP contribution < -0.4 is 5.32 Å². The molecule has 4 heteroatoms. The quantitative estimate of drug-likeness (QED) is 0.372. The van der Waals surface area contributed by atoms with Crippen molar-refractivity contribution in [3.8, 4) is 0 Å². The van der Waals surface area contributed by atoms with E-state index in [-0.39, 0.29) is 22.3 Å². The van der Waals surface area contributed by atoms with Crippen LogP contribution in [-0.4, -0.2) is 56.1 Å². The van der Waals surface area contributed by atoms with Gasteiger partial charge in [-0.15, -0.1) is 0 Å². The van der Waals surface area contributed by atoms with E-state index in [0.717, 1.165) is 64.5 Å². The summed E-state index contributed by atoms with van der Waals surface area (Å²) in [7, 11) is 0. The third kappa shape index (κ3) is 3.97. The number of Topliss-reactive ketones (excluding diaryl/α,β-unsaturated/α-hetero) is 1. The summed E-state index contributed by atoms with van der Waals surface area (Å²) in [5.74, 6) is 2.21. The zero-order chi connectivity index (χ0) is 28.8.